The van der Waals surface area contributed by atoms with Crippen LogP contribution < -0.4 is 5.32 Å². The summed E-state index contributed by atoms with van der Waals surface area (Å²) < 4.78 is 27.2. The molecule has 1 N–H and O–H groups in total. The van der Waals surface area contributed by atoms with Gasteiger partial charge in [0.15, 0.2) is 0 Å². The van der Waals surface area contributed by atoms with E-state index in [-0.39, 0.29) is 11.4 Å². The van der Waals surface area contributed by atoms with Crippen molar-refractivity contribution in [1.29, 1.82) is 0 Å². The van der Waals surface area contributed by atoms with Crippen LogP contribution in [0.2, 0.25) is 0 Å². The van der Waals surface area contributed by atoms with Crippen LogP contribution in [0, 0.1) is 6.92 Å². The molecule has 30 heavy (non-hydrogen) atoms. The summed E-state index contributed by atoms with van der Waals surface area (Å²) in [4.78, 5) is 11.6. The van der Waals surface area contributed by atoms with Crippen molar-refractivity contribution in [2.24, 2.45) is 0 Å². The minimum Gasteiger partial charge on any atom is -0.369 e. The third kappa shape index (κ3) is 5.33. The molecule has 0 aliphatic rings. The maximum Gasteiger partial charge on any atom is 0.243 e. The first-order valence-corrected chi connectivity index (χ1v) is 11.4. The van der Waals surface area contributed by atoms with Crippen LogP contribution in [0.15, 0.2) is 53.4 Å². The standard InChI is InChI=1S/C22H29N5O2S/c1-17-9-7-10-18(15-17)30(28,29)27(4)16-21-24-20-12-6-5-11-19(20)22(25-21)23-13-8-14-26(2)3/h5-7,9-12,15H,8,13-14,16H2,1-4H3,(H,23,24,25). The first kappa shape index (κ1) is 22.1. The number of nitrogens with zero attached hydrogens (tertiary/aromatic N) is 4. The Morgan fingerprint density at radius 3 is 2.50 bits per heavy atom. The van der Waals surface area contributed by atoms with Gasteiger partial charge in [0.25, 0.3) is 0 Å². The molecular weight excluding hydrogens is 398 g/mol. The lowest BCUT2D eigenvalue weighted by molar-refractivity contribution is 0.405. The topological polar surface area (TPSA) is 78.4 Å². The molecule has 7 nitrogen and oxygen atoms in total. The largest absolute Gasteiger partial charge is 0.369 e. The second-order valence-electron chi connectivity index (χ2n) is 7.67. The van der Waals surface area contributed by atoms with Gasteiger partial charge in [0.2, 0.25) is 10.0 Å². The minimum atomic E-state index is -3.63. The molecule has 0 amide bonds. The Labute approximate surface area is 178 Å². The smallest absolute Gasteiger partial charge is 0.243 e. The highest BCUT2D eigenvalue weighted by Crippen LogP contribution is 2.22. The highest BCUT2D eigenvalue weighted by Gasteiger charge is 2.22. The van der Waals surface area contributed by atoms with E-state index in [1.165, 1.54) is 4.31 Å². The Hall–Kier alpha value is -2.55. The maximum atomic E-state index is 13.0. The molecule has 1 aromatic heterocycles. The Morgan fingerprint density at radius 2 is 1.77 bits per heavy atom. The van der Waals surface area contributed by atoms with Crippen molar-refractivity contribution in [2.45, 2.75) is 24.8 Å². The summed E-state index contributed by atoms with van der Waals surface area (Å²) in [6.07, 6.45) is 0.975. The van der Waals surface area contributed by atoms with Crippen molar-refractivity contribution in [2.75, 3.05) is 39.5 Å². The second-order valence-corrected chi connectivity index (χ2v) is 9.71. The molecule has 0 unspecified atom stereocenters. The monoisotopic (exact) mass is 427 g/mol. The van der Waals surface area contributed by atoms with Crippen molar-refractivity contribution >= 4 is 26.7 Å². The highest BCUT2D eigenvalue weighted by atomic mass is 32.2. The Morgan fingerprint density at radius 1 is 1.00 bits per heavy atom. The molecule has 1 heterocycles. The van der Waals surface area contributed by atoms with Gasteiger partial charge in [-0.25, -0.2) is 18.4 Å². The summed E-state index contributed by atoms with van der Waals surface area (Å²) in [6.45, 7) is 3.71. The lowest BCUT2D eigenvalue weighted by Gasteiger charge is -2.18. The van der Waals surface area contributed by atoms with Crippen LogP contribution in [0.3, 0.4) is 0 Å². The van der Waals surface area contributed by atoms with Gasteiger partial charge in [-0.15, -0.1) is 0 Å². The van der Waals surface area contributed by atoms with E-state index >= 15 is 0 Å². The van der Waals surface area contributed by atoms with Gasteiger partial charge in [0.05, 0.1) is 17.0 Å². The molecule has 0 bridgehead atoms. The summed E-state index contributed by atoms with van der Waals surface area (Å²) in [7, 11) is 2.02. The zero-order valence-electron chi connectivity index (χ0n) is 18.0. The summed E-state index contributed by atoms with van der Waals surface area (Å²) >= 11 is 0. The van der Waals surface area contributed by atoms with Gasteiger partial charge in [-0.1, -0.05) is 24.3 Å². The van der Waals surface area contributed by atoms with Crippen LogP contribution in [-0.2, 0) is 16.6 Å². The molecule has 160 valence electrons. The summed E-state index contributed by atoms with van der Waals surface area (Å²) in [5.74, 6) is 1.19. The second kappa shape index (κ2) is 9.51. The fourth-order valence-electron chi connectivity index (χ4n) is 3.17. The zero-order valence-corrected chi connectivity index (χ0v) is 18.8. The van der Waals surface area contributed by atoms with E-state index in [4.69, 9.17) is 0 Å². The normalized spacial score (nSPS) is 12.1. The molecule has 0 saturated heterocycles. The van der Waals surface area contributed by atoms with E-state index in [0.29, 0.717) is 5.82 Å². The lowest BCUT2D eigenvalue weighted by atomic mass is 10.2. The molecule has 0 spiro atoms. The quantitative estimate of drug-likeness (QED) is 0.529. The molecule has 0 saturated carbocycles. The molecule has 8 heteroatoms. The lowest BCUT2D eigenvalue weighted by Crippen LogP contribution is -2.27. The van der Waals surface area contributed by atoms with Gasteiger partial charge in [-0.2, -0.15) is 4.31 Å². The predicted octanol–water partition coefficient (Wildman–Crippen LogP) is 3.12. The van der Waals surface area contributed by atoms with Crippen molar-refractivity contribution < 1.29 is 8.42 Å². The fraction of sp³-hybridized carbons (Fsp3) is 0.364. The Kier molecular flexibility index (Phi) is 7.02. The number of aryl methyl sites for hydroxylation is 1. The van der Waals surface area contributed by atoms with Crippen molar-refractivity contribution in [1.82, 2.24) is 19.2 Å². The molecule has 0 aliphatic carbocycles. The van der Waals surface area contributed by atoms with Gasteiger partial charge in [-0.05, 0) is 63.8 Å². The van der Waals surface area contributed by atoms with Crippen LogP contribution in [0.25, 0.3) is 10.9 Å². The number of sulfonamides is 1. The minimum absolute atomic E-state index is 0.0908. The van der Waals surface area contributed by atoms with E-state index in [0.717, 1.165) is 41.8 Å². The van der Waals surface area contributed by atoms with Gasteiger partial charge in [0.1, 0.15) is 11.6 Å². The van der Waals surface area contributed by atoms with Gasteiger partial charge < -0.3 is 10.2 Å². The Balaban J connectivity index is 1.84. The van der Waals surface area contributed by atoms with Crippen molar-refractivity contribution in [3.05, 3.63) is 59.9 Å². The van der Waals surface area contributed by atoms with Gasteiger partial charge in [-0.3, -0.25) is 0 Å². The first-order valence-electron chi connectivity index (χ1n) is 9.94. The number of anilines is 1. The number of para-hydroxylation sites is 1. The molecule has 3 aromatic rings. The Bertz CT molecular complexity index is 1120. The number of aromatic nitrogens is 2. The van der Waals surface area contributed by atoms with Crippen LogP contribution in [-0.4, -0.2) is 61.8 Å². The summed E-state index contributed by atoms with van der Waals surface area (Å²) in [5, 5.41) is 4.32. The van der Waals surface area contributed by atoms with E-state index in [1.807, 2.05) is 51.4 Å². The molecule has 0 aliphatic heterocycles. The van der Waals surface area contributed by atoms with E-state index < -0.39 is 10.0 Å². The fourth-order valence-corrected chi connectivity index (χ4v) is 4.40. The van der Waals surface area contributed by atoms with E-state index in [9.17, 15) is 8.42 Å². The molecule has 3 rings (SSSR count). The van der Waals surface area contributed by atoms with Crippen LogP contribution in [0.5, 0.6) is 0 Å². The molecular formula is C22H29N5O2S. The third-order valence-corrected chi connectivity index (χ3v) is 6.59. The predicted molar refractivity (Wildman–Crippen MR) is 121 cm³/mol. The van der Waals surface area contributed by atoms with Crippen molar-refractivity contribution in [3.63, 3.8) is 0 Å². The van der Waals surface area contributed by atoms with Crippen LogP contribution in [0.1, 0.15) is 17.8 Å². The first-order chi connectivity index (χ1) is 14.3. The van der Waals surface area contributed by atoms with Crippen LogP contribution >= 0.6 is 0 Å². The van der Waals surface area contributed by atoms with E-state index in [2.05, 4.69) is 20.2 Å². The SMILES string of the molecule is Cc1cccc(S(=O)(=O)N(C)Cc2nc(NCCCN(C)C)c3ccccc3n2)c1. The zero-order chi connectivity index (χ0) is 21.7. The number of rotatable bonds is 9. The van der Waals surface area contributed by atoms with E-state index in [1.54, 1.807) is 25.2 Å². The number of benzene rings is 2. The third-order valence-electron chi connectivity index (χ3n) is 4.79. The molecule has 2 aromatic carbocycles. The summed E-state index contributed by atoms with van der Waals surface area (Å²) in [5.41, 5.74) is 1.69. The van der Waals surface area contributed by atoms with Gasteiger partial charge in [0, 0.05) is 19.0 Å². The number of hydrogen-bond acceptors (Lipinski definition) is 6. The molecule has 0 atom stereocenters. The number of hydrogen-bond donors (Lipinski definition) is 1. The van der Waals surface area contributed by atoms with Crippen molar-refractivity contribution in [3.8, 4) is 0 Å². The highest BCUT2D eigenvalue weighted by molar-refractivity contribution is 7.89. The molecule has 0 fully saturated rings. The summed E-state index contributed by atoms with van der Waals surface area (Å²) in [6, 6.07) is 14.7. The molecule has 0 radical (unpaired) electrons. The average molecular weight is 428 g/mol. The van der Waals surface area contributed by atoms with Crippen LogP contribution in [0.4, 0.5) is 5.82 Å². The average Bonchev–Trinajstić information content (AvgIpc) is 2.71. The van der Waals surface area contributed by atoms with Gasteiger partial charge >= 0.3 is 0 Å². The number of nitrogens with one attached hydrogen (secondary N) is 1. The number of fused-ring (bicyclic) bond motifs is 1. The maximum absolute atomic E-state index is 13.0.